The lowest BCUT2D eigenvalue weighted by Gasteiger charge is -2.35. The lowest BCUT2D eigenvalue weighted by molar-refractivity contribution is 0.0535. The van der Waals surface area contributed by atoms with E-state index >= 15 is 0 Å². The van der Waals surface area contributed by atoms with Crippen molar-refractivity contribution < 1.29 is 23.2 Å². The number of carbonyl (C=O) groups is 3. The molecule has 0 unspecified atom stereocenters. The molecular formula is C22H22F2N4O3. The Morgan fingerprint density at radius 3 is 2.00 bits per heavy atom. The van der Waals surface area contributed by atoms with Crippen LogP contribution < -0.4 is 10.6 Å². The zero-order valence-electron chi connectivity index (χ0n) is 16.7. The van der Waals surface area contributed by atoms with Gasteiger partial charge in [-0.25, -0.2) is 13.6 Å². The molecule has 0 radical (unpaired) electrons. The molecule has 2 fully saturated rings. The Labute approximate surface area is 178 Å². The minimum absolute atomic E-state index is 0.0712. The average Bonchev–Trinajstić information content (AvgIpc) is 3.59. The Kier molecular flexibility index (Phi) is 5.83. The van der Waals surface area contributed by atoms with Crippen LogP contribution in [0.5, 0.6) is 0 Å². The fraction of sp³-hybridized carbons (Fsp3) is 0.318. The average molecular weight is 428 g/mol. The molecule has 2 aliphatic rings. The second kappa shape index (κ2) is 8.71. The van der Waals surface area contributed by atoms with E-state index in [0.717, 1.165) is 25.0 Å². The fourth-order valence-corrected chi connectivity index (χ4v) is 3.42. The lowest BCUT2D eigenvalue weighted by atomic mass is 10.1. The van der Waals surface area contributed by atoms with Crippen molar-refractivity contribution in [3.63, 3.8) is 0 Å². The van der Waals surface area contributed by atoms with Crippen molar-refractivity contribution in [1.82, 2.24) is 15.1 Å². The van der Waals surface area contributed by atoms with Gasteiger partial charge in [-0.15, -0.1) is 0 Å². The van der Waals surface area contributed by atoms with Crippen LogP contribution in [0, 0.1) is 11.6 Å². The monoisotopic (exact) mass is 428 g/mol. The topological polar surface area (TPSA) is 81.8 Å². The molecule has 0 bridgehead atoms. The minimum Gasteiger partial charge on any atom is -0.335 e. The predicted molar refractivity (Wildman–Crippen MR) is 110 cm³/mol. The molecule has 0 aromatic heterocycles. The molecule has 31 heavy (non-hydrogen) atoms. The summed E-state index contributed by atoms with van der Waals surface area (Å²) in [6.45, 7) is 1.19. The third-order valence-electron chi connectivity index (χ3n) is 5.30. The van der Waals surface area contributed by atoms with E-state index in [2.05, 4.69) is 10.6 Å². The molecule has 0 spiro atoms. The number of amides is 4. The van der Waals surface area contributed by atoms with E-state index in [-0.39, 0.29) is 36.6 Å². The van der Waals surface area contributed by atoms with Crippen molar-refractivity contribution in [2.24, 2.45) is 0 Å². The summed E-state index contributed by atoms with van der Waals surface area (Å²) in [5.41, 5.74) is 1.03. The molecule has 1 saturated heterocycles. The molecule has 162 valence electrons. The van der Waals surface area contributed by atoms with E-state index in [0.29, 0.717) is 24.3 Å². The molecule has 2 aromatic rings. The van der Waals surface area contributed by atoms with Crippen LogP contribution >= 0.6 is 0 Å². The highest BCUT2D eigenvalue weighted by atomic mass is 19.2. The Morgan fingerprint density at radius 2 is 1.42 bits per heavy atom. The Bertz CT molecular complexity index is 1020. The number of rotatable bonds is 4. The largest absolute Gasteiger partial charge is 0.335 e. The van der Waals surface area contributed by atoms with E-state index in [1.807, 2.05) is 0 Å². The van der Waals surface area contributed by atoms with Crippen LogP contribution in [0.1, 0.15) is 33.6 Å². The van der Waals surface area contributed by atoms with Crippen LogP contribution in [-0.2, 0) is 0 Å². The molecular weight excluding hydrogens is 406 g/mol. The predicted octanol–water partition coefficient (Wildman–Crippen LogP) is 2.85. The summed E-state index contributed by atoms with van der Waals surface area (Å²) in [6, 6.07) is 9.69. The Morgan fingerprint density at radius 1 is 0.806 bits per heavy atom. The van der Waals surface area contributed by atoms with Gasteiger partial charge >= 0.3 is 6.03 Å². The van der Waals surface area contributed by atoms with Crippen molar-refractivity contribution in [3.05, 3.63) is 65.2 Å². The molecule has 1 aliphatic carbocycles. The first kappa shape index (κ1) is 20.8. The van der Waals surface area contributed by atoms with Crippen molar-refractivity contribution in [2.75, 3.05) is 31.5 Å². The summed E-state index contributed by atoms with van der Waals surface area (Å²) < 4.78 is 26.5. The van der Waals surface area contributed by atoms with Gasteiger partial charge in [0.1, 0.15) is 0 Å². The Balaban J connectivity index is 1.34. The van der Waals surface area contributed by atoms with Gasteiger partial charge < -0.3 is 20.4 Å². The highest BCUT2D eigenvalue weighted by molar-refractivity contribution is 5.97. The number of benzene rings is 2. The number of urea groups is 1. The molecule has 2 N–H and O–H groups in total. The molecule has 1 heterocycles. The SMILES string of the molecule is O=C(Nc1cccc(C(=O)N2CCN(C(=O)c3ccc(F)c(F)c3)CC2)c1)NC1CC1. The first-order chi connectivity index (χ1) is 14.9. The third kappa shape index (κ3) is 4.99. The van der Waals surface area contributed by atoms with Gasteiger partial charge in [0.25, 0.3) is 11.8 Å². The zero-order chi connectivity index (χ0) is 22.0. The summed E-state index contributed by atoms with van der Waals surface area (Å²) in [7, 11) is 0. The van der Waals surface area contributed by atoms with E-state index in [4.69, 9.17) is 0 Å². The minimum atomic E-state index is -1.07. The van der Waals surface area contributed by atoms with Gasteiger partial charge in [0, 0.05) is 49.0 Å². The second-order valence-corrected chi connectivity index (χ2v) is 7.67. The molecule has 9 heteroatoms. The first-order valence-corrected chi connectivity index (χ1v) is 10.1. The fourth-order valence-electron chi connectivity index (χ4n) is 3.42. The lowest BCUT2D eigenvalue weighted by Crippen LogP contribution is -2.50. The number of nitrogens with one attached hydrogen (secondary N) is 2. The molecule has 4 rings (SSSR count). The summed E-state index contributed by atoms with van der Waals surface area (Å²) in [6.07, 6.45) is 1.97. The summed E-state index contributed by atoms with van der Waals surface area (Å²) in [5.74, 6) is -2.68. The number of hydrogen-bond donors (Lipinski definition) is 2. The van der Waals surface area contributed by atoms with Crippen molar-refractivity contribution >= 4 is 23.5 Å². The van der Waals surface area contributed by atoms with Crippen LogP contribution in [-0.4, -0.2) is 59.9 Å². The maximum absolute atomic E-state index is 13.4. The maximum Gasteiger partial charge on any atom is 0.319 e. The van der Waals surface area contributed by atoms with E-state index < -0.39 is 17.5 Å². The van der Waals surface area contributed by atoms with Crippen LogP contribution in [0.2, 0.25) is 0 Å². The Hall–Kier alpha value is -3.49. The van der Waals surface area contributed by atoms with Gasteiger partial charge in [-0.2, -0.15) is 0 Å². The van der Waals surface area contributed by atoms with Crippen LogP contribution in [0.3, 0.4) is 0 Å². The second-order valence-electron chi connectivity index (χ2n) is 7.67. The summed E-state index contributed by atoms with van der Waals surface area (Å²) in [5, 5.41) is 5.55. The molecule has 1 aliphatic heterocycles. The number of nitrogens with zero attached hydrogens (tertiary/aromatic N) is 2. The molecule has 1 saturated carbocycles. The number of piperazine rings is 1. The highest BCUT2D eigenvalue weighted by Crippen LogP contribution is 2.20. The van der Waals surface area contributed by atoms with Crippen LogP contribution in [0.4, 0.5) is 19.3 Å². The number of carbonyl (C=O) groups excluding carboxylic acids is 3. The maximum atomic E-state index is 13.4. The van der Waals surface area contributed by atoms with Gasteiger partial charge in [-0.3, -0.25) is 9.59 Å². The smallest absolute Gasteiger partial charge is 0.319 e. The molecule has 4 amide bonds. The van der Waals surface area contributed by atoms with Gasteiger partial charge in [0.05, 0.1) is 0 Å². The van der Waals surface area contributed by atoms with Crippen molar-refractivity contribution in [2.45, 2.75) is 18.9 Å². The standard InChI is InChI=1S/C22H22F2N4O3/c23-18-7-4-15(13-19(18)24)21(30)28-10-8-27(9-11-28)20(29)14-2-1-3-17(12-14)26-22(31)25-16-5-6-16/h1-4,7,12-13,16H,5-6,8-11H2,(H2,25,26,31). The van der Waals surface area contributed by atoms with Crippen LogP contribution in [0.25, 0.3) is 0 Å². The van der Waals surface area contributed by atoms with Gasteiger partial charge in [-0.05, 0) is 49.2 Å². The number of hydrogen-bond acceptors (Lipinski definition) is 3. The summed E-state index contributed by atoms with van der Waals surface area (Å²) in [4.78, 5) is 40.4. The van der Waals surface area contributed by atoms with Crippen molar-refractivity contribution in [1.29, 1.82) is 0 Å². The highest BCUT2D eigenvalue weighted by Gasteiger charge is 2.26. The molecule has 0 atom stereocenters. The normalized spacial score (nSPS) is 16.1. The first-order valence-electron chi connectivity index (χ1n) is 10.1. The van der Waals surface area contributed by atoms with E-state index in [1.54, 1.807) is 29.2 Å². The van der Waals surface area contributed by atoms with E-state index in [9.17, 15) is 23.2 Å². The van der Waals surface area contributed by atoms with Gasteiger partial charge in [0.2, 0.25) is 0 Å². The van der Waals surface area contributed by atoms with Crippen LogP contribution in [0.15, 0.2) is 42.5 Å². The van der Waals surface area contributed by atoms with Gasteiger partial charge in [-0.1, -0.05) is 6.07 Å². The quantitative estimate of drug-likeness (QED) is 0.786. The number of halogens is 2. The molecule has 2 aromatic carbocycles. The summed E-state index contributed by atoms with van der Waals surface area (Å²) >= 11 is 0. The van der Waals surface area contributed by atoms with Crippen molar-refractivity contribution in [3.8, 4) is 0 Å². The molecule has 7 nitrogen and oxygen atoms in total. The van der Waals surface area contributed by atoms with E-state index in [1.165, 1.54) is 11.0 Å². The van der Waals surface area contributed by atoms with Gasteiger partial charge in [0.15, 0.2) is 11.6 Å². The third-order valence-corrected chi connectivity index (χ3v) is 5.30. The zero-order valence-corrected chi connectivity index (χ0v) is 16.7. The number of anilines is 1.